The highest BCUT2D eigenvalue weighted by molar-refractivity contribution is 9.10. The van der Waals surface area contributed by atoms with E-state index >= 15 is 0 Å². The van der Waals surface area contributed by atoms with Crippen LogP contribution >= 0.6 is 31.9 Å². The largest absolute Gasteiger partial charge is 0.463 e. The first kappa shape index (κ1) is 39.4. The van der Waals surface area contributed by atoms with Crippen LogP contribution in [-0.4, -0.2) is 66.4 Å². The Kier molecular flexibility index (Phi) is 12.2. The van der Waals surface area contributed by atoms with E-state index in [1.807, 2.05) is 32.9 Å². The molecule has 2 aromatic heterocycles. The summed E-state index contributed by atoms with van der Waals surface area (Å²) in [6.45, 7) is 11.5. The van der Waals surface area contributed by atoms with Crippen LogP contribution in [0.5, 0.6) is 0 Å². The summed E-state index contributed by atoms with van der Waals surface area (Å²) in [6, 6.07) is 9.18. The third-order valence-corrected chi connectivity index (χ3v) is 10.4. The van der Waals surface area contributed by atoms with Crippen molar-refractivity contribution < 1.29 is 29.0 Å². The molecule has 0 radical (unpaired) electrons. The number of hydrogen-bond acceptors (Lipinski definition) is 7. The Hall–Kier alpha value is -3.78. The Morgan fingerprint density at radius 2 is 1.27 bits per heavy atom. The van der Waals surface area contributed by atoms with Gasteiger partial charge in [0.25, 0.3) is 11.8 Å². The first-order valence-electron chi connectivity index (χ1n) is 17.9. The summed E-state index contributed by atoms with van der Waals surface area (Å²) in [5.41, 5.74) is 1.36. The number of nitrogens with one attached hydrogen (secondary N) is 2. The van der Waals surface area contributed by atoms with Gasteiger partial charge in [0.1, 0.15) is 5.60 Å². The van der Waals surface area contributed by atoms with Gasteiger partial charge >= 0.3 is 12.2 Å². The van der Waals surface area contributed by atoms with E-state index in [2.05, 4.69) is 52.7 Å². The molecule has 280 valence electrons. The molecule has 6 rings (SSSR count). The van der Waals surface area contributed by atoms with Crippen molar-refractivity contribution >= 4 is 77.7 Å². The lowest BCUT2D eigenvalue weighted by molar-refractivity contribution is 0.0522. The lowest BCUT2D eigenvalue weighted by Gasteiger charge is -2.24. The Bertz CT molecular complexity index is 1980. The molecule has 12 nitrogen and oxygen atoms in total. The predicted octanol–water partition coefficient (Wildman–Crippen LogP) is 9.33. The van der Waals surface area contributed by atoms with Gasteiger partial charge in [-0.3, -0.25) is 9.59 Å². The molecule has 2 amide bonds. The zero-order valence-corrected chi connectivity index (χ0v) is 33.8. The minimum absolute atomic E-state index is 0.131. The fraction of sp³-hybridized carbons (Fsp3) is 0.526. The van der Waals surface area contributed by atoms with Gasteiger partial charge < -0.3 is 20.5 Å². The van der Waals surface area contributed by atoms with Crippen LogP contribution in [0.1, 0.15) is 132 Å². The van der Waals surface area contributed by atoms with Crippen LogP contribution in [-0.2, 0) is 10.2 Å². The predicted molar refractivity (Wildman–Crippen MR) is 207 cm³/mol. The van der Waals surface area contributed by atoms with E-state index in [-0.39, 0.29) is 40.7 Å². The zero-order chi connectivity index (χ0) is 38.0. The number of carboxylic acid groups (broad SMARTS) is 1. The first-order valence-corrected chi connectivity index (χ1v) is 19.5. The van der Waals surface area contributed by atoms with Crippen LogP contribution < -0.4 is 10.6 Å². The number of ether oxygens (including phenoxy) is 1. The van der Waals surface area contributed by atoms with Gasteiger partial charge in [-0.1, -0.05) is 91.2 Å². The fourth-order valence-electron chi connectivity index (χ4n) is 6.93. The van der Waals surface area contributed by atoms with Gasteiger partial charge in [-0.15, -0.1) is 0 Å². The van der Waals surface area contributed by atoms with Crippen LogP contribution in [0.2, 0.25) is 0 Å². The average molecular weight is 845 g/mol. The van der Waals surface area contributed by atoms with Gasteiger partial charge in [0.05, 0.1) is 11.0 Å². The van der Waals surface area contributed by atoms with Crippen molar-refractivity contribution in [3.63, 3.8) is 0 Å². The number of hydrogen-bond donors (Lipinski definition) is 3. The van der Waals surface area contributed by atoms with E-state index in [4.69, 9.17) is 4.74 Å². The molecule has 0 spiro atoms. The van der Waals surface area contributed by atoms with Crippen LogP contribution in [0.4, 0.5) is 9.59 Å². The summed E-state index contributed by atoms with van der Waals surface area (Å²) < 4.78 is 9.15. The molecule has 0 bridgehead atoms. The van der Waals surface area contributed by atoms with E-state index in [1.54, 1.807) is 39.0 Å². The second kappa shape index (κ2) is 16.1. The Morgan fingerprint density at radius 1 is 0.750 bits per heavy atom. The zero-order valence-electron chi connectivity index (χ0n) is 30.6. The number of carbonyl (C=O) groups excluding carboxylic acids is 3. The van der Waals surface area contributed by atoms with Gasteiger partial charge in [-0.2, -0.15) is 19.6 Å². The first-order chi connectivity index (χ1) is 24.4. The molecule has 0 aliphatic heterocycles. The molecular formula is C38H48Br2N6O6. The van der Waals surface area contributed by atoms with Crippen molar-refractivity contribution in [1.29, 1.82) is 0 Å². The minimum atomic E-state index is -1.20. The lowest BCUT2D eigenvalue weighted by atomic mass is 9.84. The molecule has 2 heterocycles. The van der Waals surface area contributed by atoms with Crippen molar-refractivity contribution in [2.75, 3.05) is 0 Å². The monoisotopic (exact) mass is 842 g/mol. The summed E-state index contributed by atoms with van der Waals surface area (Å²) in [6.07, 6.45) is 8.98. The molecule has 14 heteroatoms. The number of carbonyl (C=O) groups is 4. The number of fused-ring (bicyclic) bond motifs is 2. The summed E-state index contributed by atoms with van der Waals surface area (Å²) in [7, 11) is 0. The quantitative estimate of drug-likeness (QED) is 0.184. The molecule has 3 N–H and O–H groups in total. The van der Waals surface area contributed by atoms with Crippen molar-refractivity contribution in [2.45, 2.75) is 129 Å². The summed E-state index contributed by atoms with van der Waals surface area (Å²) >= 11 is 6.99. The van der Waals surface area contributed by atoms with Gasteiger partial charge in [0.2, 0.25) is 0 Å². The summed E-state index contributed by atoms with van der Waals surface area (Å²) in [5, 5.41) is 25.3. The molecule has 0 atom stereocenters. The molecule has 0 unspecified atom stereocenters. The maximum Gasteiger partial charge on any atom is 0.435 e. The molecule has 2 fully saturated rings. The van der Waals surface area contributed by atoms with E-state index < -0.39 is 17.8 Å². The Labute approximate surface area is 320 Å². The number of aromatic nitrogens is 4. The van der Waals surface area contributed by atoms with Gasteiger partial charge in [0, 0.05) is 31.8 Å². The van der Waals surface area contributed by atoms with Gasteiger partial charge in [-0.25, -0.2) is 9.59 Å². The number of amides is 2. The smallest absolute Gasteiger partial charge is 0.435 e. The van der Waals surface area contributed by atoms with E-state index in [1.165, 1.54) is 17.5 Å². The highest BCUT2D eigenvalue weighted by Crippen LogP contribution is 2.38. The summed E-state index contributed by atoms with van der Waals surface area (Å²) in [4.78, 5) is 49.9. The highest BCUT2D eigenvalue weighted by Gasteiger charge is 2.30. The lowest BCUT2D eigenvalue weighted by Crippen LogP contribution is -2.36. The van der Waals surface area contributed by atoms with Crippen molar-refractivity contribution in [2.24, 2.45) is 0 Å². The van der Waals surface area contributed by atoms with Gasteiger partial charge in [-0.05, 0) is 87.8 Å². The molecule has 4 aromatic rings. The van der Waals surface area contributed by atoms with Crippen LogP contribution in [0.3, 0.4) is 0 Å². The number of halogens is 2. The molecule has 52 heavy (non-hydrogen) atoms. The Morgan fingerprint density at radius 3 is 1.79 bits per heavy atom. The number of nitrogens with zero attached hydrogens (tertiary/aromatic N) is 4. The van der Waals surface area contributed by atoms with E-state index in [9.17, 15) is 24.3 Å². The third kappa shape index (κ3) is 9.22. The van der Waals surface area contributed by atoms with Crippen LogP contribution in [0, 0.1) is 0 Å². The SMILES string of the molecule is CC(C)(C)OC(=O)n1nc(C(=O)NC2CCCCC2)c2cc(Br)ccc21.CC(C)(C)c1c(Br)ccc2c1c(C(=O)NC1CCCCC1)nn2C(=O)O. The molecule has 2 aliphatic carbocycles. The molecular weight excluding hydrogens is 796 g/mol. The standard InChI is InChI=1S/2C19H24BrN3O3/c1-19(2,3)26-18(25)23-15-10-9-12(20)11-14(15)16(22-23)17(24)21-13-7-5-4-6-8-13;1-19(2,3)15-12(20)9-10-13-14(15)16(22-23(13)18(25)26)17(24)21-11-7-5-4-6-8-11/h9-11,13H,4-8H2,1-3H3,(H,21,24);9-11H,4-8H2,1-3H3,(H,21,24)(H,25,26). The average Bonchev–Trinajstić information content (AvgIpc) is 3.64. The minimum Gasteiger partial charge on any atom is -0.463 e. The second-order valence-electron chi connectivity index (χ2n) is 15.6. The maximum atomic E-state index is 13.0. The molecule has 2 saturated carbocycles. The van der Waals surface area contributed by atoms with Crippen LogP contribution in [0.25, 0.3) is 21.8 Å². The van der Waals surface area contributed by atoms with Crippen molar-refractivity contribution in [1.82, 2.24) is 30.2 Å². The molecule has 2 aromatic carbocycles. The van der Waals surface area contributed by atoms with Crippen molar-refractivity contribution in [3.8, 4) is 0 Å². The maximum absolute atomic E-state index is 13.0. The van der Waals surface area contributed by atoms with E-state index in [0.717, 1.165) is 70.6 Å². The topological polar surface area (TPSA) is 157 Å². The highest BCUT2D eigenvalue weighted by atomic mass is 79.9. The second-order valence-corrected chi connectivity index (χ2v) is 17.4. The Balaban J connectivity index is 0.000000201. The normalized spacial score (nSPS) is 15.9. The van der Waals surface area contributed by atoms with Crippen molar-refractivity contribution in [3.05, 3.63) is 56.2 Å². The fourth-order valence-corrected chi connectivity index (χ4v) is 8.21. The third-order valence-electron chi connectivity index (χ3n) is 9.25. The van der Waals surface area contributed by atoms with Crippen LogP contribution in [0.15, 0.2) is 39.3 Å². The van der Waals surface area contributed by atoms with E-state index in [0.29, 0.717) is 21.8 Å². The number of benzene rings is 2. The molecule has 2 aliphatic rings. The summed E-state index contributed by atoms with van der Waals surface area (Å²) in [5.74, 6) is -0.548. The number of rotatable bonds is 4. The molecule has 0 saturated heterocycles. The van der Waals surface area contributed by atoms with Gasteiger partial charge in [0.15, 0.2) is 11.4 Å².